The van der Waals surface area contributed by atoms with Crippen LogP contribution in [0.3, 0.4) is 0 Å². The number of benzene rings is 1. The van der Waals surface area contributed by atoms with Crippen molar-refractivity contribution in [2.45, 2.75) is 19.9 Å². The van der Waals surface area contributed by atoms with Crippen LogP contribution in [-0.4, -0.2) is 17.1 Å². The van der Waals surface area contributed by atoms with Crippen molar-refractivity contribution in [3.8, 4) is 0 Å². The van der Waals surface area contributed by atoms with Gasteiger partial charge in [0.15, 0.2) is 0 Å². The zero-order valence-corrected chi connectivity index (χ0v) is 9.62. The Bertz CT molecular complexity index is 301. The normalized spacial score (nSPS) is 11.7. The Morgan fingerprint density at radius 2 is 1.80 bits per heavy atom. The summed E-state index contributed by atoms with van der Waals surface area (Å²) in [4.78, 5) is 10.9. The third kappa shape index (κ3) is 4.21. The van der Waals surface area contributed by atoms with Gasteiger partial charge in [-0.2, -0.15) is 0 Å². The highest BCUT2D eigenvalue weighted by molar-refractivity contribution is 5.85. The quantitative estimate of drug-likeness (QED) is 0.835. The lowest BCUT2D eigenvalue weighted by Crippen LogP contribution is -2.34. The van der Waals surface area contributed by atoms with Gasteiger partial charge in [0.1, 0.15) is 6.04 Å². The van der Waals surface area contributed by atoms with Gasteiger partial charge < -0.3 is 10.4 Å². The van der Waals surface area contributed by atoms with Gasteiger partial charge >= 0.3 is 5.97 Å². The Hall–Kier alpha value is -1.22. The average Bonchev–Trinajstić information content (AvgIpc) is 2.15. The molecule has 0 saturated carbocycles. The van der Waals surface area contributed by atoms with Gasteiger partial charge in [-0.25, -0.2) is 4.79 Å². The fourth-order valence-corrected chi connectivity index (χ4v) is 1.23. The molecule has 4 heteroatoms. The molecule has 0 aliphatic carbocycles. The predicted molar refractivity (Wildman–Crippen MR) is 63.6 cm³/mol. The van der Waals surface area contributed by atoms with E-state index >= 15 is 0 Å². The second-order valence-electron chi connectivity index (χ2n) is 3.57. The second kappa shape index (κ2) is 6.30. The summed E-state index contributed by atoms with van der Waals surface area (Å²) in [5.41, 5.74) is 0.841. The number of carboxylic acids is 1. The Labute approximate surface area is 95.9 Å². The number of aliphatic carboxylic acids is 1. The molecule has 0 amide bonds. The lowest BCUT2D eigenvalue weighted by Gasteiger charge is -2.18. The van der Waals surface area contributed by atoms with Crippen LogP contribution in [0.15, 0.2) is 30.3 Å². The molecule has 0 aliphatic heterocycles. The van der Waals surface area contributed by atoms with Crippen LogP contribution in [0.5, 0.6) is 0 Å². The maximum absolute atomic E-state index is 10.9. The minimum Gasteiger partial charge on any atom is -0.480 e. The van der Waals surface area contributed by atoms with E-state index in [2.05, 4.69) is 5.32 Å². The Morgan fingerprint density at radius 3 is 2.20 bits per heavy atom. The van der Waals surface area contributed by atoms with Crippen molar-refractivity contribution < 1.29 is 9.90 Å². The van der Waals surface area contributed by atoms with Crippen molar-refractivity contribution in [2.75, 3.05) is 5.32 Å². The molecule has 84 valence electrons. The zero-order valence-electron chi connectivity index (χ0n) is 8.81. The number of rotatable bonds is 4. The van der Waals surface area contributed by atoms with E-state index in [0.29, 0.717) is 0 Å². The number of carbonyl (C=O) groups is 1. The van der Waals surface area contributed by atoms with E-state index in [1.807, 2.05) is 44.2 Å². The first-order chi connectivity index (χ1) is 6.61. The molecule has 0 bridgehead atoms. The first-order valence-electron chi connectivity index (χ1n) is 4.65. The van der Waals surface area contributed by atoms with Gasteiger partial charge in [-0.05, 0) is 18.1 Å². The monoisotopic (exact) mass is 229 g/mol. The van der Waals surface area contributed by atoms with Crippen LogP contribution in [0.1, 0.15) is 13.8 Å². The van der Waals surface area contributed by atoms with E-state index in [-0.39, 0.29) is 18.3 Å². The molecule has 3 nitrogen and oxygen atoms in total. The van der Waals surface area contributed by atoms with Crippen LogP contribution < -0.4 is 5.32 Å². The lowest BCUT2D eigenvalue weighted by molar-refractivity contribution is -0.138. The van der Waals surface area contributed by atoms with Gasteiger partial charge in [0.25, 0.3) is 0 Å². The van der Waals surface area contributed by atoms with Gasteiger partial charge in [-0.3, -0.25) is 0 Å². The maximum Gasteiger partial charge on any atom is 0.326 e. The largest absolute Gasteiger partial charge is 0.480 e. The van der Waals surface area contributed by atoms with Crippen LogP contribution in [0.25, 0.3) is 0 Å². The van der Waals surface area contributed by atoms with E-state index < -0.39 is 12.0 Å². The SMILES string of the molecule is CC(C)C(Nc1ccccc1)C(=O)O.Cl. The molecule has 1 aromatic rings. The van der Waals surface area contributed by atoms with E-state index in [0.717, 1.165) is 5.69 Å². The molecular weight excluding hydrogens is 214 g/mol. The van der Waals surface area contributed by atoms with Crippen molar-refractivity contribution in [1.29, 1.82) is 0 Å². The van der Waals surface area contributed by atoms with Gasteiger partial charge in [0.2, 0.25) is 0 Å². The highest BCUT2D eigenvalue weighted by atomic mass is 35.5. The van der Waals surface area contributed by atoms with Crippen molar-refractivity contribution >= 4 is 24.1 Å². The summed E-state index contributed by atoms with van der Waals surface area (Å²) in [5.74, 6) is -0.753. The number of para-hydroxylation sites is 1. The molecule has 1 atom stereocenters. The number of hydrogen-bond donors (Lipinski definition) is 2. The first kappa shape index (κ1) is 13.8. The van der Waals surface area contributed by atoms with Gasteiger partial charge in [-0.15, -0.1) is 12.4 Å². The Morgan fingerprint density at radius 1 is 1.27 bits per heavy atom. The fraction of sp³-hybridized carbons (Fsp3) is 0.364. The molecule has 15 heavy (non-hydrogen) atoms. The van der Waals surface area contributed by atoms with Crippen molar-refractivity contribution in [3.05, 3.63) is 30.3 Å². The fourth-order valence-electron chi connectivity index (χ4n) is 1.23. The highest BCUT2D eigenvalue weighted by Gasteiger charge is 2.20. The molecule has 1 aromatic carbocycles. The Kier molecular flexibility index (Phi) is 5.79. The van der Waals surface area contributed by atoms with Crippen molar-refractivity contribution in [1.82, 2.24) is 0 Å². The molecule has 2 N–H and O–H groups in total. The molecule has 0 saturated heterocycles. The minimum absolute atomic E-state index is 0. The Balaban J connectivity index is 0.00000196. The van der Waals surface area contributed by atoms with Crippen LogP contribution >= 0.6 is 12.4 Å². The van der Waals surface area contributed by atoms with Gasteiger partial charge in [-0.1, -0.05) is 32.0 Å². The molecule has 0 radical (unpaired) electrons. The second-order valence-corrected chi connectivity index (χ2v) is 3.57. The molecule has 1 unspecified atom stereocenters. The minimum atomic E-state index is -0.816. The highest BCUT2D eigenvalue weighted by Crippen LogP contribution is 2.12. The maximum atomic E-state index is 10.9. The molecule has 0 aromatic heterocycles. The van der Waals surface area contributed by atoms with Crippen LogP contribution in [-0.2, 0) is 4.79 Å². The summed E-state index contributed by atoms with van der Waals surface area (Å²) in [6, 6.07) is 8.84. The molecule has 0 spiro atoms. The van der Waals surface area contributed by atoms with Crippen LogP contribution in [0.2, 0.25) is 0 Å². The van der Waals surface area contributed by atoms with E-state index in [4.69, 9.17) is 5.11 Å². The zero-order chi connectivity index (χ0) is 10.6. The standard InChI is InChI=1S/C11H15NO2.ClH/c1-8(2)10(11(13)14)12-9-6-4-3-5-7-9;/h3-8,10,12H,1-2H3,(H,13,14);1H. The first-order valence-corrected chi connectivity index (χ1v) is 4.65. The lowest BCUT2D eigenvalue weighted by atomic mass is 10.0. The molecular formula is C11H16ClNO2. The number of halogens is 1. The van der Waals surface area contributed by atoms with Gasteiger partial charge in [0.05, 0.1) is 0 Å². The summed E-state index contributed by atoms with van der Waals surface area (Å²) < 4.78 is 0. The molecule has 1 rings (SSSR count). The van der Waals surface area contributed by atoms with Crippen LogP contribution in [0.4, 0.5) is 5.69 Å². The topological polar surface area (TPSA) is 49.3 Å². The summed E-state index contributed by atoms with van der Waals surface area (Å²) in [6.45, 7) is 3.77. The van der Waals surface area contributed by atoms with Crippen LogP contribution in [0, 0.1) is 5.92 Å². The summed E-state index contributed by atoms with van der Waals surface area (Å²) in [6.07, 6.45) is 0. The number of anilines is 1. The van der Waals surface area contributed by atoms with E-state index in [9.17, 15) is 4.79 Å². The smallest absolute Gasteiger partial charge is 0.326 e. The third-order valence-electron chi connectivity index (χ3n) is 2.03. The van der Waals surface area contributed by atoms with Crippen molar-refractivity contribution in [2.24, 2.45) is 5.92 Å². The molecule has 0 aliphatic rings. The number of nitrogens with one attached hydrogen (secondary N) is 1. The van der Waals surface area contributed by atoms with Crippen molar-refractivity contribution in [3.63, 3.8) is 0 Å². The predicted octanol–water partition coefficient (Wildman–Crippen LogP) is 2.63. The summed E-state index contributed by atoms with van der Waals surface area (Å²) in [7, 11) is 0. The number of carboxylic acid groups (broad SMARTS) is 1. The summed E-state index contributed by atoms with van der Waals surface area (Å²) >= 11 is 0. The van der Waals surface area contributed by atoms with E-state index in [1.165, 1.54) is 0 Å². The summed E-state index contributed by atoms with van der Waals surface area (Å²) in [5, 5.41) is 11.9. The number of hydrogen-bond acceptors (Lipinski definition) is 2. The van der Waals surface area contributed by atoms with E-state index in [1.54, 1.807) is 0 Å². The third-order valence-corrected chi connectivity index (χ3v) is 2.03. The van der Waals surface area contributed by atoms with Gasteiger partial charge in [0, 0.05) is 5.69 Å². The average molecular weight is 230 g/mol. The molecule has 0 fully saturated rings. The molecule has 0 heterocycles.